The second-order valence-electron chi connectivity index (χ2n) is 6.21. The SMILES string of the molecule is CCCC(CCC)C(=O)N1CCN(CCn2cccn2)CC1. The molecular weight excluding hydrogens is 276 g/mol. The molecule has 0 atom stereocenters. The van der Waals surface area contributed by atoms with Crippen LogP contribution in [0.1, 0.15) is 39.5 Å². The van der Waals surface area contributed by atoms with Gasteiger partial charge in [0, 0.05) is 51.0 Å². The molecular formula is C17H30N4O. The molecule has 1 aliphatic heterocycles. The molecule has 0 saturated carbocycles. The molecule has 1 aliphatic rings. The average molecular weight is 306 g/mol. The van der Waals surface area contributed by atoms with Crippen molar-refractivity contribution in [2.75, 3.05) is 32.7 Å². The molecule has 0 spiro atoms. The minimum absolute atomic E-state index is 0.241. The van der Waals surface area contributed by atoms with Gasteiger partial charge in [-0.3, -0.25) is 14.4 Å². The van der Waals surface area contributed by atoms with E-state index in [0.717, 1.165) is 65.0 Å². The van der Waals surface area contributed by atoms with Gasteiger partial charge >= 0.3 is 0 Å². The van der Waals surface area contributed by atoms with Gasteiger partial charge in [-0.1, -0.05) is 26.7 Å². The third kappa shape index (κ3) is 4.83. The number of rotatable bonds is 8. The molecule has 0 aliphatic carbocycles. The highest BCUT2D eigenvalue weighted by molar-refractivity contribution is 5.78. The lowest BCUT2D eigenvalue weighted by Gasteiger charge is -2.36. The Labute approximate surface area is 134 Å². The Morgan fingerprint density at radius 2 is 1.77 bits per heavy atom. The first-order chi connectivity index (χ1) is 10.7. The first-order valence-electron chi connectivity index (χ1n) is 8.73. The molecule has 0 radical (unpaired) electrons. The van der Waals surface area contributed by atoms with Crippen molar-refractivity contribution in [2.45, 2.75) is 46.1 Å². The van der Waals surface area contributed by atoms with Crippen molar-refractivity contribution in [1.29, 1.82) is 0 Å². The lowest BCUT2D eigenvalue weighted by Crippen LogP contribution is -2.50. The highest BCUT2D eigenvalue weighted by Crippen LogP contribution is 2.18. The van der Waals surface area contributed by atoms with E-state index >= 15 is 0 Å². The summed E-state index contributed by atoms with van der Waals surface area (Å²) >= 11 is 0. The van der Waals surface area contributed by atoms with Gasteiger partial charge in [0.2, 0.25) is 5.91 Å². The maximum atomic E-state index is 12.6. The molecule has 0 N–H and O–H groups in total. The molecule has 1 saturated heterocycles. The third-order valence-electron chi connectivity index (χ3n) is 4.51. The van der Waals surface area contributed by atoms with Crippen LogP contribution in [-0.4, -0.2) is 58.2 Å². The summed E-state index contributed by atoms with van der Waals surface area (Å²) in [4.78, 5) is 17.1. The second-order valence-corrected chi connectivity index (χ2v) is 6.21. The second kappa shape index (κ2) is 8.93. The monoisotopic (exact) mass is 306 g/mol. The molecule has 2 rings (SSSR count). The normalized spacial score (nSPS) is 16.4. The Balaban J connectivity index is 1.74. The standard InChI is InChI=1S/C17H30N4O/c1-3-6-16(7-4-2)17(22)20-13-10-19(11-14-20)12-15-21-9-5-8-18-21/h5,8-9,16H,3-4,6-7,10-15H2,1-2H3. The van der Waals surface area contributed by atoms with E-state index in [2.05, 4.69) is 28.7 Å². The number of hydrogen-bond acceptors (Lipinski definition) is 3. The van der Waals surface area contributed by atoms with Crippen molar-refractivity contribution >= 4 is 5.91 Å². The van der Waals surface area contributed by atoms with Gasteiger partial charge in [-0.15, -0.1) is 0 Å². The fourth-order valence-electron chi connectivity index (χ4n) is 3.21. The zero-order valence-corrected chi connectivity index (χ0v) is 14.1. The molecule has 1 aromatic heterocycles. The largest absolute Gasteiger partial charge is 0.340 e. The predicted octanol–water partition coefficient (Wildman–Crippen LogP) is 2.24. The van der Waals surface area contributed by atoms with Gasteiger partial charge in [0.1, 0.15) is 0 Å². The van der Waals surface area contributed by atoms with Crippen LogP contribution in [0.5, 0.6) is 0 Å². The number of carbonyl (C=O) groups excluding carboxylic acids is 1. The molecule has 0 aromatic carbocycles. The van der Waals surface area contributed by atoms with Crippen LogP contribution >= 0.6 is 0 Å². The zero-order valence-electron chi connectivity index (χ0n) is 14.1. The summed E-state index contributed by atoms with van der Waals surface area (Å²) in [6.45, 7) is 10.00. The fourth-order valence-corrected chi connectivity index (χ4v) is 3.21. The summed E-state index contributed by atoms with van der Waals surface area (Å²) in [7, 11) is 0. The Bertz CT molecular complexity index is 418. The number of nitrogens with zero attached hydrogens (tertiary/aromatic N) is 4. The van der Waals surface area contributed by atoms with E-state index in [0.29, 0.717) is 5.91 Å². The molecule has 5 heteroatoms. The Kier molecular flexibility index (Phi) is 6.90. The molecule has 22 heavy (non-hydrogen) atoms. The van der Waals surface area contributed by atoms with Crippen LogP contribution in [0.3, 0.4) is 0 Å². The van der Waals surface area contributed by atoms with Crippen molar-refractivity contribution < 1.29 is 4.79 Å². The number of aromatic nitrogens is 2. The summed E-state index contributed by atoms with van der Waals surface area (Å²) in [5.74, 6) is 0.626. The third-order valence-corrected chi connectivity index (χ3v) is 4.51. The van der Waals surface area contributed by atoms with Crippen LogP contribution in [0, 0.1) is 5.92 Å². The maximum Gasteiger partial charge on any atom is 0.225 e. The zero-order chi connectivity index (χ0) is 15.8. The molecule has 5 nitrogen and oxygen atoms in total. The van der Waals surface area contributed by atoms with E-state index in [1.165, 1.54) is 0 Å². The van der Waals surface area contributed by atoms with E-state index in [-0.39, 0.29) is 5.92 Å². The summed E-state index contributed by atoms with van der Waals surface area (Å²) in [6.07, 6.45) is 8.08. The van der Waals surface area contributed by atoms with Gasteiger partial charge in [0.05, 0.1) is 6.54 Å². The number of hydrogen-bond donors (Lipinski definition) is 0. The molecule has 1 amide bonds. The van der Waals surface area contributed by atoms with Crippen LogP contribution in [-0.2, 0) is 11.3 Å². The van der Waals surface area contributed by atoms with Crippen LogP contribution in [0.2, 0.25) is 0 Å². The number of piperazine rings is 1. The van der Waals surface area contributed by atoms with Crippen molar-refractivity contribution in [3.63, 3.8) is 0 Å². The van der Waals surface area contributed by atoms with Gasteiger partial charge < -0.3 is 4.90 Å². The van der Waals surface area contributed by atoms with E-state index in [9.17, 15) is 4.79 Å². The lowest BCUT2D eigenvalue weighted by atomic mass is 9.96. The van der Waals surface area contributed by atoms with E-state index in [4.69, 9.17) is 0 Å². The highest BCUT2D eigenvalue weighted by Gasteiger charge is 2.26. The Morgan fingerprint density at radius 1 is 1.09 bits per heavy atom. The molecule has 1 aromatic rings. The summed E-state index contributed by atoms with van der Waals surface area (Å²) < 4.78 is 1.97. The molecule has 1 fully saturated rings. The summed E-state index contributed by atoms with van der Waals surface area (Å²) in [6, 6.07) is 1.96. The van der Waals surface area contributed by atoms with E-state index in [1.54, 1.807) is 0 Å². The van der Waals surface area contributed by atoms with Crippen LogP contribution in [0.4, 0.5) is 0 Å². The molecule has 2 heterocycles. The topological polar surface area (TPSA) is 41.4 Å². The minimum atomic E-state index is 0.241. The van der Waals surface area contributed by atoms with Crippen LogP contribution in [0.25, 0.3) is 0 Å². The van der Waals surface area contributed by atoms with Gasteiger partial charge in [-0.25, -0.2) is 0 Å². The van der Waals surface area contributed by atoms with Crippen molar-refractivity contribution in [3.8, 4) is 0 Å². The fraction of sp³-hybridized carbons (Fsp3) is 0.765. The minimum Gasteiger partial charge on any atom is -0.340 e. The van der Waals surface area contributed by atoms with Gasteiger partial charge in [-0.2, -0.15) is 5.10 Å². The van der Waals surface area contributed by atoms with Gasteiger partial charge in [0.15, 0.2) is 0 Å². The summed E-state index contributed by atoms with van der Waals surface area (Å²) in [5, 5.41) is 4.23. The van der Waals surface area contributed by atoms with Crippen LogP contribution < -0.4 is 0 Å². The van der Waals surface area contributed by atoms with Crippen molar-refractivity contribution in [3.05, 3.63) is 18.5 Å². The van der Waals surface area contributed by atoms with E-state index in [1.807, 2.05) is 23.1 Å². The van der Waals surface area contributed by atoms with Crippen molar-refractivity contribution in [2.24, 2.45) is 5.92 Å². The first kappa shape index (κ1) is 17.0. The predicted molar refractivity (Wildman–Crippen MR) is 88.6 cm³/mol. The molecule has 124 valence electrons. The Hall–Kier alpha value is -1.36. The van der Waals surface area contributed by atoms with Crippen LogP contribution in [0.15, 0.2) is 18.5 Å². The Morgan fingerprint density at radius 3 is 2.32 bits per heavy atom. The average Bonchev–Trinajstić information content (AvgIpc) is 3.06. The summed E-state index contributed by atoms with van der Waals surface area (Å²) in [5.41, 5.74) is 0. The van der Waals surface area contributed by atoms with Gasteiger partial charge in [-0.05, 0) is 18.9 Å². The number of amides is 1. The maximum absolute atomic E-state index is 12.6. The quantitative estimate of drug-likeness (QED) is 0.739. The molecule has 0 unspecified atom stereocenters. The lowest BCUT2D eigenvalue weighted by molar-refractivity contribution is -0.137. The first-order valence-corrected chi connectivity index (χ1v) is 8.73. The molecule has 0 bridgehead atoms. The van der Waals surface area contributed by atoms with Gasteiger partial charge in [0.25, 0.3) is 0 Å². The van der Waals surface area contributed by atoms with Crippen molar-refractivity contribution in [1.82, 2.24) is 19.6 Å². The number of carbonyl (C=O) groups is 1. The van der Waals surface area contributed by atoms with E-state index < -0.39 is 0 Å². The highest BCUT2D eigenvalue weighted by atomic mass is 16.2. The smallest absolute Gasteiger partial charge is 0.225 e.